The van der Waals surface area contributed by atoms with E-state index in [-0.39, 0.29) is 58.3 Å². The summed E-state index contributed by atoms with van der Waals surface area (Å²) in [5, 5.41) is 0.767. The number of carbonyl (C=O) groups excluding carboxylic acids is 1. The van der Waals surface area contributed by atoms with Gasteiger partial charge < -0.3 is 23.8 Å². The molecule has 220 valence electrons. The quantitative estimate of drug-likeness (QED) is 0.269. The first-order valence-electron chi connectivity index (χ1n) is 12.4. The molecule has 3 aromatic rings. The molecule has 1 atom stereocenters. The molecule has 0 N–H and O–H groups in total. The number of nitrogens with zero attached hydrogens (tertiary/aromatic N) is 1. The fraction of sp³-hybridized carbons (Fsp3) is 0.321. The number of methoxy groups -OCH3 is 3. The van der Waals surface area contributed by atoms with Crippen LogP contribution in [-0.4, -0.2) is 66.9 Å². The second-order valence-corrected chi connectivity index (χ2v) is 11.8. The van der Waals surface area contributed by atoms with Gasteiger partial charge in [-0.25, -0.2) is 0 Å². The van der Waals surface area contributed by atoms with Gasteiger partial charge in [-0.15, -0.1) is 0 Å². The van der Waals surface area contributed by atoms with Crippen molar-refractivity contribution in [2.45, 2.75) is 17.4 Å². The second kappa shape index (κ2) is 12.6. The van der Waals surface area contributed by atoms with Crippen LogP contribution in [0.4, 0.5) is 0 Å². The fourth-order valence-corrected chi connectivity index (χ4v) is 6.41. The lowest BCUT2D eigenvalue weighted by Crippen LogP contribution is -2.53. The molecule has 13 heteroatoms. The summed E-state index contributed by atoms with van der Waals surface area (Å²) in [5.74, 6) is 0.565. The average molecular weight is 645 g/mol. The Labute approximate surface area is 253 Å². The van der Waals surface area contributed by atoms with Gasteiger partial charge in [-0.3, -0.25) is 8.98 Å². The van der Waals surface area contributed by atoms with Crippen LogP contribution in [0, 0.1) is 0 Å². The van der Waals surface area contributed by atoms with E-state index in [0.29, 0.717) is 27.8 Å². The summed E-state index contributed by atoms with van der Waals surface area (Å²) in [5.41, 5.74) is -0.617. The Morgan fingerprint density at radius 2 is 1.63 bits per heavy atom. The minimum atomic E-state index is -4.24. The Hall–Kier alpha value is -2.73. The third kappa shape index (κ3) is 6.09. The van der Waals surface area contributed by atoms with E-state index >= 15 is 0 Å². The Morgan fingerprint density at radius 3 is 2.22 bits per heavy atom. The van der Waals surface area contributed by atoms with Gasteiger partial charge in [0.25, 0.3) is 16.0 Å². The highest BCUT2D eigenvalue weighted by Crippen LogP contribution is 2.44. The summed E-state index contributed by atoms with van der Waals surface area (Å²) in [4.78, 5) is 15.4. The Kier molecular flexibility index (Phi) is 9.63. The summed E-state index contributed by atoms with van der Waals surface area (Å²) in [6, 6.07) is 12.2. The van der Waals surface area contributed by atoms with Gasteiger partial charge in [0, 0.05) is 22.7 Å². The van der Waals surface area contributed by atoms with Crippen LogP contribution in [0.1, 0.15) is 28.4 Å². The van der Waals surface area contributed by atoms with E-state index in [1.807, 2.05) is 0 Å². The standard InChI is InChI=1S/C28H28Cl3NO8S/c1-5-40-41(34,35)25-9-7-19(29)15-20(25)28(18-6-8-21(30)22(31)14-18)16-32(10-11-39-28)27(33)17-12-23(36-2)26(38-4)24(13-17)37-3/h6-9,12-15H,5,10-11,16H2,1-4H3/t28-/m1/s1. The number of hydrogen-bond acceptors (Lipinski definition) is 8. The SMILES string of the molecule is CCOS(=O)(=O)c1ccc(Cl)cc1[C@]1(c2ccc(Cl)c(Cl)c2)CN(C(=O)c2cc(OC)c(OC)c(OC)c2)CCO1. The molecule has 1 aliphatic rings. The molecule has 0 radical (unpaired) electrons. The van der Waals surface area contributed by atoms with Gasteiger partial charge in [0.15, 0.2) is 11.5 Å². The van der Waals surface area contributed by atoms with Crippen molar-refractivity contribution in [2.75, 3.05) is 47.6 Å². The van der Waals surface area contributed by atoms with Crippen molar-refractivity contribution in [2.24, 2.45) is 0 Å². The molecule has 0 aromatic heterocycles. The summed E-state index contributed by atoms with van der Waals surface area (Å²) in [7, 11) is 0.138. The summed E-state index contributed by atoms with van der Waals surface area (Å²) in [6.07, 6.45) is 0. The molecule has 3 aromatic carbocycles. The molecule has 1 saturated heterocycles. The van der Waals surface area contributed by atoms with Gasteiger partial charge in [-0.1, -0.05) is 40.9 Å². The van der Waals surface area contributed by atoms with Crippen LogP contribution in [0.5, 0.6) is 17.2 Å². The third-order valence-electron chi connectivity index (χ3n) is 6.63. The smallest absolute Gasteiger partial charge is 0.297 e. The number of amides is 1. The summed E-state index contributed by atoms with van der Waals surface area (Å²) in [6.45, 7) is 1.63. The second-order valence-electron chi connectivity index (χ2n) is 8.95. The molecule has 4 rings (SSSR count). The molecule has 41 heavy (non-hydrogen) atoms. The van der Waals surface area contributed by atoms with Gasteiger partial charge in [-0.2, -0.15) is 8.42 Å². The van der Waals surface area contributed by atoms with Gasteiger partial charge in [-0.05, 0) is 55.0 Å². The fourth-order valence-electron chi connectivity index (χ4n) is 4.78. The van der Waals surface area contributed by atoms with Crippen molar-refractivity contribution < 1.29 is 36.3 Å². The van der Waals surface area contributed by atoms with Gasteiger partial charge in [0.05, 0.1) is 51.1 Å². The van der Waals surface area contributed by atoms with Crippen molar-refractivity contribution in [1.29, 1.82) is 0 Å². The van der Waals surface area contributed by atoms with Crippen LogP contribution in [-0.2, 0) is 24.6 Å². The first-order chi connectivity index (χ1) is 19.5. The molecule has 1 aliphatic heterocycles. The first-order valence-corrected chi connectivity index (χ1v) is 14.9. The lowest BCUT2D eigenvalue weighted by Gasteiger charge is -2.44. The van der Waals surface area contributed by atoms with Gasteiger partial charge in [0.1, 0.15) is 10.5 Å². The van der Waals surface area contributed by atoms with Crippen LogP contribution in [0.25, 0.3) is 0 Å². The lowest BCUT2D eigenvalue weighted by atomic mass is 9.84. The summed E-state index contributed by atoms with van der Waals surface area (Å²) < 4.78 is 54.3. The highest BCUT2D eigenvalue weighted by Gasteiger charge is 2.45. The highest BCUT2D eigenvalue weighted by molar-refractivity contribution is 7.86. The molecule has 0 unspecified atom stereocenters. The Balaban J connectivity index is 1.91. The molecule has 0 bridgehead atoms. The average Bonchev–Trinajstić information content (AvgIpc) is 2.97. The zero-order valence-electron chi connectivity index (χ0n) is 22.7. The topological polar surface area (TPSA) is 101 Å². The van der Waals surface area contributed by atoms with Crippen LogP contribution >= 0.6 is 34.8 Å². The van der Waals surface area contributed by atoms with Crippen LogP contribution in [0.15, 0.2) is 53.4 Å². The van der Waals surface area contributed by atoms with Crippen molar-refractivity contribution in [3.8, 4) is 17.2 Å². The van der Waals surface area contributed by atoms with Crippen molar-refractivity contribution in [1.82, 2.24) is 4.90 Å². The Bertz CT molecular complexity index is 1540. The molecule has 1 heterocycles. The van der Waals surface area contributed by atoms with Crippen LogP contribution in [0.2, 0.25) is 15.1 Å². The maximum absolute atomic E-state index is 14.0. The van der Waals surface area contributed by atoms with Crippen LogP contribution in [0.3, 0.4) is 0 Å². The number of carbonyl (C=O) groups is 1. The van der Waals surface area contributed by atoms with E-state index < -0.39 is 15.7 Å². The maximum Gasteiger partial charge on any atom is 0.297 e. The molecular weight excluding hydrogens is 617 g/mol. The van der Waals surface area contributed by atoms with E-state index in [1.54, 1.807) is 42.2 Å². The number of benzene rings is 3. The molecule has 9 nitrogen and oxygen atoms in total. The van der Waals surface area contributed by atoms with Gasteiger partial charge in [0.2, 0.25) is 5.75 Å². The number of ether oxygens (including phenoxy) is 4. The zero-order valence-corrected chi connectivity index (χ0v) is 25.8. The first kappa shape index (κ1) is 31.2. The maximum atomic E-state index is 14.0. The number of rotatable bonds is 9. The molecule has 0 saturated carbocycles. The highest BCUT2D eigenvalue weighted by atomic mass is 35.5. The predicted molar refractivity (Wildman–Crippen MR) is 155 cm³/mol. The van der Waals surface area contributed by atoms with E-state index in [9.17, 15) is 13.2 Å². The van der Waals surface area contributed by atoms with Crippen molar-refractivity contribution in [3.05, 3.63) is 80.3 Å². The molecule has 1 amide bonds. The van der Waals surface area contributed by atoms with E-state index in [2.05, 4.69) is 0 Å². The molecule has 1 fully saturated rings. The molecular formula is C28H28Cl3NO8S. The number of hydrogen-bond donors (Lipinski definition) is 0. The molecule has 0 aliphatic carbocycles. The van der Waals surface area contributed by atoms with Crippen LogP contribution < -0.4 is 14.2 Å². The Morgan fingerprint density at radius 1 is 0.951 bits per heavy atom. The van der Waals surface area contributed by atoms with Gasteiger partial charge >= 0.3 is 0 Å². The van der Waals surface area contributed by atoms with E-state index in [1.165, 1.54) is 39.5 Å². The monoisotopic (exact) mass is 643 g/mol. The van der Waals surface area contributed by atoms with Crippen molar-refractivity contribution in [3.63, 3.8) is 0 Å². The van der Waals surface area contributed by atoms with E-state index in [0.717, 1.165) is 0 Å². The zero-order chi connectivity index (χ0) is 29.9. The minimum absolute atomic E-state index is 0.0526. The van der Waals surface area contributed by atoms with E-state index in [4.69, 9.17) is 57.9 Å². The lowest BCUT2D eigenvalue weighted by molar-refractivity contribution is -0.0801. The minimum Gasteiger partial charge on any atom is -0.493 e. The number of morpholine rings is 1. The largest absolute Gasteiger partial charge is 0.493 e. The molecule has 0 spiro atoms. The third-order valence-corrected chi connectivity index (χ3v) is 9.04. The normalized spacial score (nSPS) is 17.3. The predicted octanol–water partition coefficient (Wildman–Crippen LogP) is 5.81. The van der Waals surface area contributed by atoms with Crippen molar-refractivity contribution >= 4 is 50.8 Å². The number of halogens is 3. The summed E-state index contributed by atoms with van der Waals surface area (Å²) >= 11 is 19.0.